The van der Waals surface area contributed by atoms with Gasteiger partial charge in [0.1, 0.15) is 5.82 Å². The van der Waals surface area contributed by atoms with Crippen molar-refractivity contribution in [1.29, 1.82) is 0 Å². The van der Waals surface area contributed by atoms with E-state index in [0.717, 1.165) is 51.3 Å². The van der Waals surface area contributed by atoms with Crippen molar-refractivity contribution < 1.29 is 9.84 Å². The molecule has 2 aliphatic rings. The highest BCUT2D eigenvalue weighted by atomic mass is 16.5. The van der Waals surface area contributed by atoms with Gasteiger partial charge >= 0.3 is 0 Å². The lowest BCUT2D eigenvalue weighted by molar-refractivity contribution is -0.202. The second-order valence-electron chi connectivity index (χ2n) is 6.70. The smallest absolute Gasteiger partial charge is 0.147 e. The summed E-state index contributed by atoms with van der Waals surface area (Å²) in [5.41, 5.74) is -0.0506. The Bertz CT molecular complexity index is 474. The number of ether oxygens (including phenoxy) is 1. The molecular weight excluding hydrogens is 280 g/mol. The van der Waals surface area contributed by atoms with E-state index in [1.807, 2.05) is 14.1 Å². The van der Waals surface area contributed by atoms with Crippen LogP contribution in [0.15, 0.2) is 18.6 Å². The number of aliphatic hydroxyl groups is 1. The Morgan fingerprint density at radius 2 is 2.14 bits per heavy atom. The molecule has 0 bridgehead atoms. The van der Waals surface area contributed by atoms with Crippen molar-refractivity contribution in [1.82, 2.24) is 14.9 Å². The summed E-state index contributed by atoms with van der Waals surface area (Å²) in [6.45, 7) is 3.47. The standard InChI is InChI=1S/C16H26N4O2/c1-19(2)9-10-22-14-11-13(21)16(14)3-7-20(8-4-16)15-12-17-5-6-18-15/h5-6,12-14,21H,3-4,7-11H2,1-2H3/t13-,14+/m1/s1. The minimum absolute atomic E-state index is 0.0506. The molecule has 122 valence electrons. The number of rotatable bonds is 5. The fourth-order valence-electron chi connectivity index (χ4n) is 3.60. The third kappa shape index (κ3) is 2.95. The van der Waals surface area contributed by atoms with Crippen molar-refractivity contribution >= 4 is 5.82 Å². The molecule has 3 rings (SSSR count). The van der Waals surface area contributed by atoms with Gasteiger partial charge in [0.2, 0.25) is 0 Å². The molecule has 0 aromatic carbocycles. The molecule has 1 aromatic heterocycles. The van der Waals surface area contributed by atoms with Crippen molar-refractivity contribution in [3.8, 4) is 0 Å². The van der Waals surface area contributed by atoms with Crippen LogP contribution in [0.3, 0.4) is 0 Å². The maximum atomic E-state index is 10.3. The van der Waals surface area contributed by atoms with Gasteiger partial charge in [-0.3, -0.25) is 4.98 Å². The van der Waals surface area contributed by atoms with Gasteiger partial charge < -0.3 is 19.6 Å². The first-order chi connectivity index (χ1) is 10.6. The summed E-state index contributed by atoms with van der Waals surface area (Å²) in [5.74, 6) is 0.927. The summed E-state index contributed by atoms with van der Waals surface area (Å²) in [5, 5.41) is 10.3. The van der Waals surface area contributed by atoms with E-state index < -0.39 is 0 Å². The lowest BCUT2D eigenvalue weighted by Gasteiger charge is -2.56. The second kappa shape index (κ2) is 6.48. The van der Waals surface area contributed by atoms with Gasteiger partial charge in [0.25, 0.3) is 0 Å². The van der Waals surface area contributed by atoms with Crippen molar-refractivity contribution in [2.24, 2.45) is 5.41 Å². The Labute approximate surface area is 132 Å². The highest BCUT2D eigenvalue weighted by Crippen LogP contribution is 2.51. The molecule has 1 saturated carbocycles. The minimum Gasteiger partial charge on any atom is -0.392 e. The first-order valence-corrected chi connectivity index (χ1v) is 8.07. The molecule has 1 N–H and O–H groups in total. The van der Waals surface area contributed by atoms with Crippen LogP contribution < -0.4 is 4.90 Å². The number of anilines is 1. The predicted octanol–water partition coefficient (Wildman–Crippen LogP) is 0.775. The van der Waals surface area contributed by atoms with Crippen LogP contribution in [-0.4, -0.2) is 72.5 Å². The largest absolute Gasteiger partial charge is 0.392 e. The van der Waals surface area contributed by atoms with Crippen LogP contribution in [0, 0.1) is 5.41 Å². The number of nitrogens with zero attached hydrogens (tertiary/aromatic N) is 4. The van der Waals surface area contributed by atoms with Crippen LogP contribution in [0.25, 0.3) is 0 Å². The Hall–Kier alpha value is -1.24. The van der Waals surface area contributed by atoms with Gasteiger partial charge in [0.15, 0.2) is 0 Å². The highest BCUT2D eigenvalue weighted by Gasteiger charge is 2.56. The topological polar surface area (TPSA) is 61.7 Å². The molecule has 1 aliphatic heterocycles. The molecule has 2 fully saturated rings. The summed E-state index contributed by atoms with van der Waals surface area (Å²) in [4.78, 5) is 12.9. The van der Waals surface area contributed by atoms with Gasteiger partial charge in [0, 0.05) is 43.9 Å². The molecule has 0 unspecified atom stereocenters. The van der Waals surface area contributed by atoms with Crippen molar-refractivity contribution in [3.63, 3.8) is 0 Å². The van der Waals surface area contributed by atoms with E-state index >= 15 is 0 Å². The van der Waals surface area contributed by atoms with Crippen LogP contribution >= 0.6 is 0 Å². The molecule has 22 heavy (non-hydrogen) atoms. The maximum absolute atomic E-state index is 10.3. The van der Waals surface area contributed by atoms with Crippen molar-refractivity contribution in [2.45, 2.75) is 31.5 Å². The first kappa shape index (κ1) is 15.6. The molecule has 2 heterocycles. The number of hydrogen-bond donors (Lipinski definition) is 1. The number of aliphatic hydroxyl groups excluding tert-OH is 1. The van der Waals surface area contributed by atoms with Gasteiger partial charge in [-0.2, -0.15) is 0 Å². The highest BCUT2D eigenvalue weighted by molar-refractivity contribution is 5.36. The van der Waals surface area contributed by atoms with Gasteiger partial charge in [-0.1, -0.05) is 0 Å². The molecule has 0 amide bonds. The number of aromatic nitrogens is 2. The lowest BCUT2D eigenvalue weighted by Crippen LogP contribution is -2.62. The molecule has 1 saturated heterocycles. The van der Waals surface area contributed by atoms with E-state index in [2.05, 4.69) is 19.8 Å². The van der Waals surface area contributed by atoms with Crippen molar-refractivity contribution in [3.05, 3.63) is 18.6 Å². The Morgan fingerprint density at radius 3 is 2.73 bits per heavy atom. The third-order valence-corrected chi connectivity index (χ3v) is 5.17. The monoisotopic (exact) mass is 306 g/mol. The van der Waals surface area contributed by atoms with E-state index in [9.17, 15) is 5.11 Å². The molecule has 1 aliphatic carbocycles. The summed E-state index contributed by atoms with van der Waals surface area (Å²) < 4.78 is 6.05. The zero-order chi connectivity index (χ0) is 15.6. The van der Waals surface area contributed by atoms with Gasteiger partial charge in [-0.05, 0) is 26.9 Å². The number of likely N-dealkylation sites (N-methyl/N-ethyl adjacent to an activating group) is 1. The third-order valence-electron chi connectivity index (χ3n) is 5.17. The van der Waals surface area contributed by atoms with Crippen LogP contribution in [0.1, 0.15) is 19.3 Å². The zero-order valence-corrected chi connectivity index (χ0v) is 13.5. The molecule has 0 radical (unpaired) electrons. The average Bonchev–Trinajstić information content (AvgIpc) is 2.55. The summed E-state index contributed by atoms with van der Waals surface area (Å²) in [6.07, 6.45) is 7.89. The van der Waals surface area contributed by atoms with E-state index in [1.165, 1.54) is 0 Å². The Balaban J connectivity index is 1.56. The molecule has 1 aromatic rings. The lowest BCUT2D eigenvalue weighted by atomic mass is 9.58. The van der Waals surface area contributed by atoms with E-state index in [1.54, 1.807) is 18.6 Å². The molecular formula is C16H26N4O2. The van der Waals surface area contributed by atoms with Crippen LogP contribution in [-0.2, 0) is 4.74 Å². The fraction of sp³-hybridized carbons (Fsp3) is 0.750. The van der Waals surface area contributed by atoms with Gasteiger partial charge in [-0.15, -0.1) is 0 Å². The van der Waals surface area contributed by atoms with E-state index in [4.69, 9.17) is 4.74 Å². The summed E-state index contributed by atoms with van der Waals surface area (Å²) in [6, 6.07) is 0. The average molecular weight is 306 g/mol. The van der Waals surface area contributed by atoms with Gasteiger partial charge in [0.05, 0.1) is 25.0 Å². The normalized spacial score (nSPS) is 27.2. The summed E-state index contributed by atoms with van der Waals surface area (Å²) in [7, 11) is 4.10. The SMILES string of the molecule is CN(C)CCO[C@H]1C[C@@H](O)C12CCN(c1cnccn1)CC2. The predicted molar refractivity (Wildman–Crippen MR) is 84.8 cm³/mol. The molecule has 6 heteroatoms. The molecule has 6 nitrogen and oxygen atoms in total. The first-order valence-electron chi connectivity index (χ1n) is 8.07. The number of piperidine rings is 1. The number of hydrogen-bond acceptors (Lipinski definition) is 6. The van der Waals surface area contributed by atoms with Gasteiger partial charge in [-0.25, -0.2) is 4.98 Å². The van der Waals surface area contributed by atoms with E-state index in [0.29, 0.717) is 0 Å². The fourth-order valence-corrected chi connectivity index (χ4v) is 3.60. The zero-order valence-electron chi connectivity index (χ0n) is 13.5. The van der Waals surface area contributed by atoms with Crippen LogP contribution in [0.5, 0.6) is 0 Å². The maximum Gasteiger partial charge on any atom is 0.147 e. The Kier molecular flexibility index (Phi) is 4.61. The molecule has 1 spiro atoms. The van der Waals surface area contributed by atoms with Crippen molar-refractivity contribution in [2.75, 3.05) is 45.2 Å². The summed E-state index contributed by atoms with van der Waals surface area (Å²) >= 11 is 0. The quantitative estimate of drug-likeness (QED) is 0.867. The Morgan fingerprint density at radius 1 is 1.36 bits per heavy atom. The van der Waals surface area contributed by atoms with Crippen LogP contribution in [0.2, 0.25) is 0 Å². The van der Waals surface area contributed by atoms with E-state index in [-0.39, 0.29) is 17.6 Å². The second-order valence-corrected chi connectivity index (χ2v) is 6.70. The molecule has 2 atom stereocenters. The minimum atomic E-state index is -0.221. The van der Waals surface area contributed by atoms with Crippen LogP contribution in [0.4, 0.5) is 5.82 Å².